The number of benzene rings is 2. The molecular weight excluding hydrogens is 356 g/mol. The Morgan fingerprint density at radius 2 is 1.50 bits per heavy atom. The number of rotatable bonds is 5. The van der Waals surface area contributed by atoms with E-state index in [1.807, 2.05) is 38.1 Å². The minimum atomic E-state index is -0.235. The molecule has 6 nitrogen and oxygen atoms in total. The number of hydrogen-bond donors (Lipinski definition) is 0. The second kappa shape index (κ2) is 7.92. The molecule has 3 rings (SSSR count). The van der Waals surface area contributed by atoms with E-state index in [0.29, 0.717) is 17.2 Å². The van der Waals surface area contributed by atoms with E-state index in [2.05, 4.69) is 17.2 Å². The Morgan fingerprint density at radius 1 is 0.929 bits per heavy atom. The lowest BCUT2D eigenvalue weighted by Crippen LogP contribution is -2.28. The van der Waals surface area contributed by atoms with Gasteiger partial charge < -0.3 is 14.2 Å². The van der Waals surface area contributed by atoms with Crippen LogP contribution in [0.1, 0.15) is 42.5 Å². The predicted octanol–water partition coefficient (Wildman–Crippen LogP) is 4.08. The van der Waals surface area contributed by atoms with Crippen molar-refractivity contribution in [2.24, 2.45) is 5.10 Å². The average molecular weight is 382 g/mol. The highest BCUT2D eigenvalue weighted by Crippen LogP contribution is 2.47. The van der Waals surface area contributed by atoms with Crippen LogP contribution in [0, 0.1) is 6.92 Å². The summed E-state index contributed by atoms with van der Waals surface area (Å²) in [7, 11) is 4.76. The van der Waals surface area contributed by atoms with Crippen molar-refractivity contribution in [3.8, 4) is 17.2 Å². The highest BCUT2D eigenvalue weighted by atomic mass is 16.5. The maximum atomic E-state index is 12.3. The third-order valence-electron chi connectivity index (χ3n) is 5.08. The molecule has 0 spiro atoms. The third-order valence-corrected chi connectivity index (χ3v) is 5.08. The van der Waals surface area contributed by atoms with Gasteiger partial charge in [-0.05, 0) is 37.1 Å². The van der Waals surface area contributed by atoms with Crippen LogP contribution >= 0.6 is 0 Å². The predicted molar refractivity (Wildman–Crippen MR) is 108 cm³/mol. The summed E-state index contributed by atoms with van der Waals surface area (Å²) in [5.41, 5.74) is 4.00. The van der Waals surface area contributed by atoms with Gasteiger partial charge in [-0.15, -0.1) is 0 Å². The van der Waals surface area contributed by atoms with Crippen molar-refractivity contribution in [3.63, 3.8) is 0 Å². The molecule has 0 fully saturated rings. The molecule has 0 bridgehead atoms. The van der Waals surface area contributed by atoms with Gasteiger partial charge in [0.05, 0.1) is 33.3 Å². The number of nitrogens with zero attached hydrogens (tertiary/aromatic N) is 2. The first kappa shape index (κ1) is 19.7. The second-order valence-electron chi connectivity index (χ2n) is 6.90. The first-order valence-electron chi connectivity index (χ1n) is 9.12. The van der Waals surface area contributed by atoms with Gasteiger partial charge in [0.2, 0.25) is 11.7 Å². The number of methoxy groups -OCH3 is 3. The number of hydrazone groups is 1. The van der Waals surface area contributed by atoms with Crippen molar-refractivity contribution in [1.82, 2.24) is 5.01 Å². The fraction of sp³-hybridized carbons (Fsp3) is 0.364. The van der Waals surface area contributed by atoms with Gasteiger partial charge in [0.25, 0.3) is 0 Å². The summed E-state index contributed by atoms with van der Waals surface area (Å²) in [6, 6.07) is 11.8. The zero-order chi connectivity index (χ0) is 20.4. The number of ether oxygens (including phenoxy) is 3. The molecule has 2 aromatic rings. The number of carbonyl (C=O) groups excluding carboxylic acids is 1. The molecule has 1 heterocycles. The molecule has 1 amide bonds. The monoisotopic (exact) mass is 382 g/mol. The Bertz CT molecular complexity index is 880. The van der Waals surface area contributed by atoms with Crippen molar-refractivity contribution in [1.29, 1.82) is 0 Å². The smallest absolute Gasteiger partial charge is 0.240 e. The molecule has 0 saturated carbocycles. The topological polar surface area (TPSA) is 60.4 Å². The summed E-state index contributed by atoms with van der Waals surface area (Å²) >= 11 is 0. The number of carbonyl (C=O) groups is 1. The Kier molecular flexibility index (Phi) is 5.58. The summed E-state index contributed by atoms with van der Waals surface area (Å²) in [5, 5.41) is 6.13. The molecule has 0 radical (unpaired) electrons. The number of amides is 1. The molecule has 28 heavy (non-hydrogen) atoms. The molecule has 2 aromatic carbocycles. The molecule has 0 N–H and O–H groups in total. The molecule has 1 aliphatic rings. The van der Waals surface area contributed by atoms with Crippen LogP contribution in [0.3, 0.4) is 0 Å². The van der Waals surface area contributed by atoms with Crippen molar-refractivity contribution in [3.05, 3.63) is 53.1 Å². The Labute approximate surface area is 165 Å². The van der Waals surface area contributed by atoms with E-state index in [-0.39, 0.29) is 17.9 Å². The van der Waals surface area contributed by atoms with Crippen molar-refractivity contribution < 1.29 is 19.0 Å². The maximum Gasteiger partial charge on any atom is 0.240 e. The highest BCUT2D eigenvalue weighted by Gasteiger charge is 2.40. The minimum Gasteiger partial charge on any atom is -0.493 e. The molecule has 6 heteroatoms. The zero-order valence-electron chi connectivity index (χ0n) is 17.1. The fourth-order valence-electron chi connectivity index (χ4n) is 3.73. The average Bonchev–Trinajstić information content (AvgIpc) is 3.04. The van der Waals surface area contributed by atoms with E-state index in [1.165, 1.54) is 6.92 Å². The maximum absolute atomic E-state index is 12.3. The van der Waals surface area contributed by atoms with Gasteiger partial charge in [-0.25, -0.2) is 5.01 Å². The molecule has 1 aliphatic heterocycles. The Balaban J connectivity index is 2.16. The third kappa shape index (κ3) is 3.42. The number of hydrogen-bond acceptors (Lipinski definition) is 5. The van der Waals surface area contributed by atoms with Crippen molar-refractivity contribution in [2.45, 2.75) is 32.7 Å². The summed E-state index contributed by atoms with van der Waals surface area (Å²) in [4.78, 5) is 12.3. The summed E-state index contributed by atoms with van der Waals surface area (Å²) < 4.78 is 16.5. The largest absolute Gasteiger partial charge is 0.493 e. The van der Waals surface area contributed by atoms with Crippen LogP contribution in [-0.2, 0) is 4.79 Å². The van der Waals surface area contributed by atoms with E-state index >= 15 is 0 Å². The van der Waals surface area contributed by atoms with E-state index in [0.717, 1.165) is 22.4 Å². The van der Waals surface area contributed by atoms with Gasteiger partial charge >= 0.3 is 0 Å². The first-order valence-corrected chi connectivity index (χ1v) is 9.12. The van der Waals surface area contributed by atoms with Crippen LogP contribution in [-0.4, -0.2) is 38.0 Å². The lowest BCUT2D eigenvalue weighted by atomic mass is 9.84. The van der Waals surface area contributed by atoms with Crippen LogP contribution < -0.4 is 14.2 Å². The van der Waals surface area contributed by atoms with Crippen LogP contribution in [0.5, 0.6) is 17.2 Å². The highest BCUT2D eigenvalue weighted by molar-refractivity contribution is 5.94. The molecule has 0 aromatic heterocycles. The first-order chi connectivity index (χ1) is 13.4. The Morgan fingerprint density at radius 3 is 1.96 bits per heavy atom. The van der Waals surface area contributed by atoms with Gasteiger partial charge in [-0.1, -0.05) is 29.8 Å². The lowest BCUT2D eigenvalue weighted by Gasteiger charge is -2.27. The van der Waals surface area contributed by atoms with Crippen LogP contribution in [0.25, 0.3) is 0 Å². The zero-order valence-corrected chi connectivity index (χ0v) is 17.1. The quantitative estimate of drug-likeness (QED) is 0.782. The summed E-state index contributed by atoms with van der Waals surface area (Å²) in [6.07, 6.45) is 0. The molecule has 0 unspecified atom stereocenters. The van der Waals surface area contributed by atoms with Gasteiger partial charge in [0.15, 0.2) is 11.5 Å². The molecule has 0 aliphatic carbocycles. The SMILES string of the molecule is COc1cc([C@@H]2C(C)=NN(C(C)=O)[C@H]2c2ccc(C)cc2)cc(OC)c1OC. The van der Waals surface area contributed by atoms with E-state index in [9.17, 15) is 4.79 Å². The molecular formula is C22H26N2O4. The standard InChI is InChI=1S/C22H26N2O4/c1-13-7-9-16(10-8-13)21-20(14(2)23-24(21)15(3)25)17-11-18(26-4)22(28-6)19(12-17)27-5/h7-12,20-21H,1-6H3/t20-,21-/m0/s1. The van der Waals surface area contributed by atoms with Crippen LogP contribution in [0.2, 0.25) is 0 Å². The normalized spacial score (nSPS) is 18.6. The van der Waals surface area contributed by atoms with Gasteiger partial charge in [-0.3, -0.25) is 4.79 Å². The molecule has 2 atom stereocenters. The molecule has 148 valence electrons. The fourth-order valence-corrected chi connectivity index (χ4v) is 3.73. The van der Waals surface area contributed by atoms with Crippen LogP contribution in [0.15, 0.2) is 41.5 Å². The van der Waals surface area contributed by atoms with E-state index < -0.39 is 0 Å². The Hall–Kier alpha value is -3.02. The van der Waals surface area contributed by atoms with Crippen LogP contribution in [0.4, 0.5) is 0 Å². The van der Waals surface area contributed by atoms with Gasteiger partial charge in [0, 0.05) is 12.6 Å². The summed E-state index contributed by atoms with van der Waals surface area (Å²) in [5.74, 6) is 1.47. The van der Waals surface area contributed by atoms with Gasteiger partial charge in [-0.2, -0.15) is 5.10 Å². The van der Waals surface area contributed by atoms with Crippen molar-refractivity contribution >= 4 is 11.6 Å². The number of aryl methyl sites for hydroxylation is 1. The lowest BCUT2D eigenvalue weighted by molar-refractivity contribution is -0.130. The van der Waals surface area contributed by atoms with E-state index in [4.69, 9.17) is 14.2 Å². The molecule has 0 saturated heterocycles. The van der Waals surface area contributed by atoms with Crippen molar-refractivity contribution in [2.75, 3.05) is 21.3 Å². The van der Waals surface area contributed by atoms with E-state index in [1.54, 1.807) is 26.3 Å². The second-order valence-corrected chi connectivity index (χ2v) is 6.90. The minimum absolute atomic E-state index is 0.0973. The van der Waals surface area contributed by atoms with Gasteiger partial charge in [0.1, 0.15) is 0 Å². The summed E-state index contributed by atoms with van der Waals surface area (Å²) in [6.45, 7) is 5.52.